The zero-order chi connectivity index (χ0) is 20.5. The normalized spacial score (nSPS) is 16.3. The number of nitriles is 2. The molecule has 0 N–H and O–H groups in total. The second kappa shape index (κ2) is 12.1. The van der Waals surface area contributed by atoms with Crippen LogP contribution < -0.4 is 0 Å². The number of carbonyl (C=O) groups is 2. The van der Waals surface area contributed by atoms with Crippen LogP contribution in [-0.4, -0.2) is 37.7 Å². The average Bonchev–Trinajstić information content (AvgIpc) is 3.32. The summed E-state index contributed by atoms with van der Waals surface area (Å²) < 4.78 is 13.5. The van der Waals surface area contributed by atoms with Gasteiger partial charge in [0.05, 0.1) is 43.3 Å². The van der Waals surface area contributed by atoms with Crippen molar-refractivity contribution in [3.05, 3.63) is 26.8 Å². The van der Waals surface area contributed by atoms with Crippen molar-refractivity contribution in [2.45, 2.75) is 12.8 Å². The third kappa shape index (κ3) is 6.12. The number of esters is 2. The lowest BCUT2D eigenvalue weighted by molar-refractivity contribution is -0.138. The molecule has 2 aliphatic heterocycles. The van der Waals surface area contributed by atoms with Crippen molar-refractivity contribution in [3.63, 3.8) is 0 Å². The van der Waals surface area contributed by atoms with Crippen molar-refractivity contribution < 1.29 is 19.1 Å². The minimum absolute atomic E-state index is 0.229. The van der Waals surface area contributed by atoms with Crippen LogP contribution in [-0.2, 0) is 19.1 Å². The van der Waals surface area contributed by atoms with E-state index in [1.807, 2.05) is 0 Å². The van der Waals surface area contributed by atoms with Crippen molar-refractivity contribution in [1.82, 2.24) is 0 Å². The SMILES string of the molecule is COC(=O)C1=C(C(=O)OC)SC(=C2SC(SCCC#N)=C(SCCC#N)S2)S1. The number of carbonyl (C=O) groups excluding carboxylic acids is 2. The predicted octanol–water partition coefficient (Wildman–Crippen LogP) is 5.05. The lowest BCUT2D eigenvalue weighted by Gasteiger charge is -2.02. The van der Waals surface area contributed by atoms with Crippen LogP contribution >= 0.6 is 70.6 Å². The minimum Gasteiger partial charge on any atom is -0.465 e. The predicted molar refractivity (Wildman–Crippen MR) is 121 cm³/mol. The minimum atomic E-state index is -0.568. The van der Waals surface area contributed by atoms with Crippen LogP contribution in [0.3, 0.4) is 0 Å². The Kier molecular flexibility index (Phi) is 10.1. The number of nitrogens with zero attached hydrogens (tertiary/aromatic N) is 2. The van der Waals surface area contributed by atoms with Crippen molar-refractivity contribution in [3.8, 4) is 12.1 Å². The zero-order valence-corrected chi connectivity index (χ0v) is 19.7. The van der Waals surface area contributed by atoms with E-state index in [4.69, 9.17) is 20.0 Å². The molecule has 0 aliphatic carbocycles. The van der Waals surface area contributed by atoms with Crippen LogP contribution in [0.25, 0.3) is 0 Å². The van der Waals surface area contributed by atoms with Crippen LogP contribution in [0.1, 0.15) is 12.8 Å². The van der Waals surface area contributed by atoms with E-state index in [2.05, 4.69) is 12.1 Å². The molecule has 2 rings (SSSR count). The number of hydrogen-bond acceptors (Lipinski definition) is 12. The molecule has 28 heavy (non-hydrogen) atoms. The molecular formula is C16H14N2O4S6. The second-order valence-corrected chi connectivity index (χ2v) is 12.0. The van der Waals surface area contributed by atoms with Crippen LogP contribution in [0.15, 0.2) is 26.8 Å². The van der Waals surface area contributed by atoms with Crippen molar-refractivity contribution >= 4 is 82.5 Å². The third-order valence-electron chi connectivity index (χ3n) is 2.94. The van der Waals surface area contributed by atoms with Gasteiger partial charge in [-0.3, -0.25) is 0 Å². The Morgan fingerprint density at radius 1 is 0.821 bits per heavy atom. The lowest BCUT2D eigenvalue weighted by Crippen LogP contribution is -2.08. The Morgan fingerprint density at radius 3 is 1.57 bits per heavy atom. The summed E-state index contributed by atoms with van der Waals surface area (Å²) >= 11 is 8.76. The number of rotatable bonds is 8. The van der Waals surface area contributed by atoms with Crippen LogP contribution in [0.5, 0.6) is 0 Å². The highest BCUT2D eigenvalue weighted by molar-refractivity contribution is 8.42. The summed E-state index contributed by atoms with van der Waals surface area (Å²) in [6.45, 7) is 0. The van der Waals surface area contributed by atoms with Crippen LogP contribution in [0.4, 0.5) is 0 Å². The molecule has 0 spiro atoms. The van der Waals surface area contributed by atoms with E-state index < -0.39 is 11.9 Å². The lowest BCUT2D eigenvalue weighted by atomic mass is 10.5. The van der Waals surface area contributed by atoms with E-state index in [1.54, 1.807) is 47.0 Å². The summed E-state index contributed by atoms with van der Waals surface area (Å²) in [5, 5.41) is 17.5. The van der Waals surface area contributed by atoms with Gasteiger partial charge in [-0.15, -0.1) is 23.5 Å². The molecule has 0 bridgehead atoms. The number of thioether (sulfide) groups is 6. The van der Waals surface area contributed by atoms with Gasteiger partial charge >= 0.3 is 11.9 Å². The molecule has 0 amide bonds. The first kappa shape index (κ1) is 23.5. The van der Waals surface area contributed by atoms with E-state index in [0.717, 1.165) is 16.9 Å². The van der Waals surface area contributed by atoms with E-state index in [9.17, 15) is 9.59 Å². The zero-order valence-electron chi connectivity index (χ0n) is 14.8. The highest BCUT2D eigenvalue weighted by Crippen LogP contribution is 2.63. The summed E-state index contributed by atoms with van der Waals surface area (Å²) in [6, 6.07) is 4.27. The molecule has 148 valence electrons. The number of methoxy groups -OCH3 is 2. The third-order valence-corrected chi connectivity index (χ3v) is 11.5. The first-order chi connectivity index (χ1) is 13.5. The molecule has 0 atom stereocenters. The molecule has 6 nitrogen and oxygen atoms in total. The molecule has 2 aliphatic rings. The molecule has 0 saturated heterocycles. The number of ether oxygens (including phenoxy) is 2. The van der Waals surface area contributed by atoms with Crippen molar-refractivity contribution in [2.24, 2.45) is 0 Å². The van der Waals surface area contributed by atoms with E-state index >= 15 is 0 Å². The molecule has 0 saturated carbocycles. The van der Waals surface area contributed by atoms with Gasteiger partial charge in [0.2, 0.25) is 0 Å². The molecular weight excluding hydrogens is 477 g/mol. The van der Waals surface area contributed by atoms with Gasteiger partial charge in [-0.05, 0) is 0 Å². The molecule has 0 unspecified atom stereocenters. The first-order valence-electron chi connectivity index (χ1n) is 7.66. The first-order valence-corrected chi connectivity index (χ1v) is 12.9. The summed E-state index contributed by atoms with van der Waals surface area (Å²) in [4.78, 5) is 24.5. The van der Waals surface area contributed by atoms with Crippen LogP contribution in [0.2, 0.25) is 0 Å². The van der Waals surface area contributed by atoms with Gasteiger partial charge in [0.25, 0.3) is 0 Å². The Hall–Kier alpha value is -0.760. The Bertz CT molecular complexity index is 773. The Balaban J connectivity index is 2.20. The summed E-state index contributed by atoms with van der Waals surface area (Å²) in [6.07, 6.45) is 0.900. The highest BCUT2D eigenvalue weighted by Gasteiger charge is 2.36. The average molecular weight is 491 g/mol. The van der Waals surface area contributed by atoms with E-state index in [-0.39, 0.29) is 9.81 Å². The molecule has 0 radical (unpaired) electrons. The Labute approximate surface area is 188 Å². The molecule has 2 heterocycles. The fourth-order valence-corrected chi connectivity index (χ4v) is 10.2. The van der Waals surface area contributed by atoms with Gasteiger partial charge < -0.3 is 9.47 Å². The van der Waals surface area contributed by atoms with Gasteiger partial charge in [0.1, 0.15) is 9.81 Å². The molecule has 0 aromatic rings. The summed E-state index contributed by atoms with van der Waals surface area (Å²) in [7, 11) is 2.55. The highest BCUT2D eigenvalue weighted by atomic mass is 32.3. The second-order valence-electron chi connectivity index (χ2n) is 4.71. The smallest absolute Gasteiger partial charge is 0.346 e. The largest absolute Gasteiger partial charge is 0.465 e. The van der Waals surface area contributed by atoms with Gasteiger partial charge in [-0.25, -0.2) is 9.59 Å². The maximum atomic E-state index is 12.0. The summed E-state index contributed by atoms with van der Waals surface area (Å²) in [5.41, 5.74) is 0. The van der Waals surface area contributed by atoms with Gasteiger partial charge in [-0.2, -0.15) is 10.5 Å². The fourth-order valence-electron chi connectivity index (χ4n) is 1.75. The molecule has 0 fully saturated rings. The van der Waals surface area contributed by atoms with E-state index in [0.29, 0.717) is 24.3 Å². The molecule has 0 aromatic heterocycles. The molecule has 0 aromatic carbocycles. The van der Waals surface area contributed by atoms with Crippen molar-refractivity contribution in [1.29, 1.82) is 10.5 Å². The Morgan fingerprint density at radius 2 is 1.21 bits per heavy atom. The van der Waals surface area contributed by atoms with Gasteiger partial charge in [-0.1, -0.05) is 47.0 Å². The van der Waals surface area contributed by atoms with Crippen LogP contribution in [0, 0.1) is 22.7 Å². The fraction of sp³-hybridized carbons (Fsp3) is 0.375. The topological polar surface area (TPSA) is 100 Å². The maximum absolute atomic E-state index is 12.0. The van der Waals surface area contributed by atoms with Crippen molar-refractivity contribution in [2.75, 3.05) is 25.7 Å². The maximum Gasteiger partial charge on any atom is 0.346 e. The molecule has 12 heteroatoms. The quantitative estimate of drug-likeness (QED) is 0.336. The van der Waals surface area contributed by atoms with Gasteiger partial charge in [0, 0.05) is 24.3 Å². The monoisotopic (exact) mass is 490 g/mol. The van der Waals surface area contributed by atoms with Gasteiger partial charge in [0.15, 0.2) is 0 Å². The summed E-state index contributed by atoms with van der Waals surface area (Å²) in [5.74, 6) is 0.233. The van der Waals surface area contributed by atoms with E-state index in [1.165, 1.54) is 37.7 Å². The number of hydrogen-bond donors (Lipinski definition) is 0. The standard InChI is InChI=1S/C16H14N2O4S6/c1-21-11(19)9-10(12(20)22-2)26-15(25-9)16-27-13(23-7-3-5-17)14(28-16)24-8-4-6-18/h3-4,7-8H2,1-2H3.